The van der Waals surface area contributed by atoms with Gasteiger partial charge in [0.05, 0.1) is 0 Å². The molecule has 104 valence electrons. The molecule has 0 aromatic rings. The fraction of sp³-hybridized carbons (Fsp3) is 1.00. The van der Waals surface area contributed by atoms with Gasteiger partial charge in [0.15, 0.2) is 0 Å². The highest BCUT2D eigenvalue weighted by Crippen LogP contribution is 2.40. The van der Waals surface area contributed by atoms with E-state index >= 15 is 0 Å². The molecule has 0 saturated carbocycles. The van der Waals surface area contributed by atoms with Gasteiger partial charge in [-0.2, -0.15) is 0 Å². The molecule has 17 heavy (non-hydrogen) atoms. The van der Waals surface area contributed by atoms with Gasteiger partial charge in [0.25, 0.3) is 0 Å². The average molecular weight is 340 g/mol. The van der Waals surface area contributed by atoms with Gasteiger partial charge in [0.2, 0.25) is 21.9 Å². The van der Waals surface area contributed by atoms with Gasteiger partial charge >= 0.3 is 0 Å². The van der Waals surface area contributed by atoms with Crippen molar-refractivity contribution in [2.75, 3.05) is 0 Å². The molecule has 0 rings (SSSR count). The number of alkyl halides is 8. The van der Waals surface area contributed by atoms with Crippen molar-refractivity contribution in [1.82, 2.24) is 0 Å². The zero-order chi connectivity index (χ0) is 13.7. The monoisotopic (exact) mass is 338 g/mol. The molecule has 0 N–H and O–H groups in total. The molecule has 0 unspecified atom stereocenters. The van der Waals surface area contributed by atoms with Crippen molar-refractivity contribution >= 4 is 46.4 Å². The number of hydrogen-bond acceptors (Lipinski definition) is 1. The Morgan fingerprint density at radius 2 is 1.06 bits per heavy atom. The highest BCUT2D eigenvalue weighted by molar-refractivity contribution is 6.50. The summed E-state index contributed by atoms with van der Waals surface area (Å²) in [5.41, 5.74) is 0. The van der Waals surface area contributed by atoms with Crippen molar-refractivity contribution in [2.24, 2.45) is 0 Å². The molecular weight excluding hydrogens is 330 g/mol. The van der Waals surface area contributed by atoms with Crippen LogP contribution in [0.1, 0.15) is 25.7 Å². The van der Waals surface area contributed by atoms with E-state index in [9.17, 15) is 17.6 Å². The van der Waals surface area contributed by atoms with Gasteiger partial charge in [-0.3, -0.25) is 0 Å². The fourth-order valence-corrected chi connectivity index (χ4v) is 2.00. The van der Waals surface area contributed by atoms with Crippen LogP contribution in [0.4, 0.5) is 17.6 Å². The van der Waals surface area contributed by atoms with Gasteiger partial charge in [0, 0.05) is 25.7 Å². The quantitative estimate of drug-likeness (QED) is 0.427. The van der Waals surface area contributed by atoms with Crippen LogP contribution >= 0.6 is 46.4 Å². The van der Waals surface area contributed by atoms with Crippen LogP contribution in [0, 0.1) is 0 Å². The van der Waals surface area contributed by atoms with Crippen LogP contribution in [-0.2, 0) is 4.74 Å². The summed E-state index contributed by atoms with van der Waals surface area (Å²) in [7, 11) is 0. The van der Waals surface area contributed by atoms with Gasteiger partial charge in [-0.05, 0) is 0 Å². The Labute approximate surface area is 116 Å². The first-order chi connectivity index (χ1) is 7.54. The van der Waals surface area contributed by atoms with Gasteiger partial charge in [-0.15, -0.1) is 0 Å². The Morgan fingerprint density at radius 3 is 1.29 bits per heavy atom. The maximum absolute atomic E-state index is 11.9. The van der Waals surface area contributed by atoms with E-state index < -0.39 is 47.6 Å². The molecule has 0 spiro atoms. The minimum absolute atomic E-state index is 0.427. The molecule has 0 aromatic carbocycles. The van der Waals surface area contributed by atoms with Crippen molar-refractivity contribution in [3.05, 3.63) is 0 Å². The molecule has 0 amide bonds. The van der Waals surface area contributed by atoms with E-state index in [1.807, 2.05) is 0 Å². The largest absolute Gasteiger partial charge is 0.310 e. The fourth-order valence-electron chi connectivity index (χ4n) is 0.875. The Balaban J connectivity index is 4.17. The predicted octanol–water partition coefficient (Wildman–Crippen LogP) is 5.36. The summed E-state index contributed by atoms with van der Waals surface area (Å²) >= 11 is 22.1. The van der Waals surface area contributed by atoms with E-state index in [-0.39, 0.29) is 0 Å². The predicted molar refractivity (Wildman–Crippen MR) is 60.4 cm³/mol. The Bertz CT molecular complexity index is 204. The maximum Gasteiger partial charge on any atom is 0.238 e. The first-order valence-electron chi connectivity index (χ1n) is 4.56. The van der Waals surface area contributed by atoms with Crippen LogP contribution in [0.15, 0.2) is 0 Å². The molecule has 0 aliphatic carbocycles. The van der Waals surface area contributed by atoms with E-state index in [1.54, 1.807) is 0 Å². The van der Waals surface area contributed by atoms with E-state index in [0.29, 0.717) is 0 Å². The average Bonchev–Trinajstić information content (AvgIpc) is 2.10. The summed E-state index contributed by atoms with van der Waals surface area (Å²) in [5.74, 6) is 0. The molecule has 0 saturated heterocycles. The number of rotatable bonds is 8. The van der Waals surface area contributed by atoms with Crippen LogP contribution in [-0.4, -0.2) is 21.9 Å². The lowest BCUT2D eigenvalue weighted by Gasteiger charge is -2.28. The second-order valence-corrected chi connectivity index (χ2v) is 6.07. The third-order valence-corrected chi connectivity index (χ3v) is 2.67. The van der Waals surface area contributed by atoms with Crippen molar-refractivity contribution < 1.29 is 22.3 Å². The second kappa shape index (κ2) is 7.43. The van der Waals surface area contributed by atoms with Crippen LogP contribution in [0.3, 0.4) is 0 Å². The molecule has 1 nitrogen and oxygen atoms in total. The topological polar surface area (TPSA) is 9.23 Å². The molecule has 0 bridgehead atoms. The van der Waals surface area contributed by atoms with Crippen molar-refractivity contribution in [3.63, 3.8) is 0 Å². The zero-order valence-corrected chi connectivity index (χ0v) is 11.4. The molecule has 0 atom stereocenters. The zero-order valence-electron chi connectivity index (χ0n) is 8.42. The molecule has 9 heteroatoms. The van der Waals surface area contributed by atoms with Crippen molar-refractivity contribution in [3.8, 4) is 0 Å². The third kappa shape index (κ3) is 10.4. The van der Waals surface area contributed by atoms with Crippen LogP contribution < -0.4 is 0 Å². The molecule has 0 heterocycles. The van der Waals surface area contributed by atoms with Crippen LogP contribution in [0.5, 0.6) is 0 Å². The van der Waals surface area contributed by atoms with Crippen molar-refractivity contribution in [1.29, 1.82) is 0 Å². The lowest BCUT2D eigenvalue weighted by atomic mass is 10.3. The molecule has 0 radical (unpaired) electrons. The van der Waals surface area contributed by atoms with Gasteiger partial charge < -0.3 is 4.74 Å². The summed E-state index contributed by atoms with van der Waals surface area (Å²) in [4.78, 5) is 0. The molecule has 0 aliphatic rings. The highest BCUT2D eigenvalue weighted by Gasteiger charge is 2.37. The molecular formula is C8H10Cl4F4O. The van der Waals surface area contributed by atoms with Gasteiger partial charge in [-0.1, -0.05) is 46.4 Å². The summed E-state index contributed by atoms with van der Waals surface area (Å²) in [6.07, 6.45) is -7.32. The van der Waals surface area contributed by atoms with E-state index in [2.05, 4.69) is 0 Å². The van der Waals surface area contributed by atoms with E-state index in [4.69, 9.17) is 51.1 Å². The Morgan fingerprint density at radius 1 is 0.765 bits per heavy atom. The SMILES string of the molecule is FC(F)CCC(Cl)(Cl)OC(Cl)(Cl)CCC(F)F. The summed E-state index contributed by atoms with van der Waals surface area (Å²) < 4.78 is 48.3. The van der Waals surface area contributed by atoms with Gasteiger partial charge in [0.1, 0.15) is 0 Å². The molecule has 0 aliphatic heterocycles. The highest BCUT2D eigenvalue weighted by atomic mass is 35.5. The summed E-state index contributed by atoms with van der Waals surface area (Å²) in [6.45, 7) is 0. The molecule has 0 aromatic heterocycles. The first-order valence-corrected chi connectivity index (χ1v) is 6.07. The van der Waals surface area contributed by atoms with Gasteiger partial charge in [-0.25, -0.2) is 17.6 Å². The van der Waals surface area contributed by atoms with Crippen LogP contribution in [0.25, 0.3) is 0 Å². The second-order valence-electron chi connectivity index (χ2n) is 3.24. The van der Waals surface area contributed by atoms with Crippen molar-refractivity contribution in [2.45, 2.75) is 47.6 Å². The summed E-state index contributed by atoms with van der Waals surface area (Å²) in [6, 6.07) is 0. The summed E-state index contributed by atoms with van der Waals surface area (Å²) in [5, 5.41) is 0. The Hall–Kier alpha value is 0.840. The smallest absolute Gasteiger partial charge is 0.238 e. The van der Waals surface area contributed by atoms with E-state index in [0.717, 1.165) is 0 Å². The lowest BCUT2D eigenvalue weighted by Crippen LogP contribution is -2.30. The number of ether oxygens (including phenoxy) is 1. The Kier molecular flexibility index (Phi) is 7.80. The third-order valence-electron chi connectivity index (χ3n) is 1.61. The minimum Gasteiger partial charge on any atom is -0.310 e. The standard InChI is InChI=1S/C8H10Cl4F4O/c9-7(10,3-1-5(13)14)17-8(11,12)4-2-6(15)16/h5-6H,1-4H2. The maximum atomic E-state index is 11.9. The lowest BCUT2D eigenvalue weighted by molar-refractivity contribution is -0.00171. The molecule has 0 fully saturated rings. The van der Waals surface area contributed by atoms with E-state index in [1.165, 1.54) is 0 Å². The number of halogens is 8. The van der Waals surface area contributed by atoms with Crippen LogP contribution in [0.2, 0.25) is 0 Å². The number of hydrogen-bond donors (Lipinski definition) is 0. The normalized spacial score (nSPS) is 13.8. The minimum atomic E-state index is -2.61. The first kappa shape index (κ1) is 17.8.